The third-order valence-corrected chi connectivity index (χ3v) is 5.47. The second-order valence-electron chi connectivity index (χ2n) is 6.81. The third kappa shape index (κ3) is 3.79. The number of pyridine rings is 1. The second-order valence-corrected chi connectivity index (χ2v) is 7.20. The van der Waals surface area contributed by atoms with Crippen LogP contribution < -0.4 is 4.74 Å². The fourth-order valence-corrected chi connectivity index (χ4v) is 3.87. The zero-order valence-corrected chi connectivity index (χ0v) is 16.7. The van der Waals surface area contributed by atoms with Crippen molar-refractivity contribution < 1.29 is 29.9 Å². The van der Waals surface area contributed by atoms with Gasteiger partial charge in [-0.1, -0.05) is 24.4 Å². The zero-order chi connectivity index (χ0) is 21.3. The number of hydrogen-bond acceptors (Lipinski definition) is 8. The highest BCUT2D eigenvalue weighted by molar-refractivity contribution is 7.71. The molecule has 2 aromatic rings. The van der Waals surface area contributed by atoms with Crippen molar-refractivity contribution in [1.29, 1.82) is 5.26 Å². The van der Waals surface area contributed by atoms with E-state index in [9.17, 15) is 25.7 Å². The Labute approximate surface area is 172 Å². The highest BCUT2D eigenvalue weighted by Gasteiger charge is 2.44. The van der Waals surface area contributed by atoms with Crippen molar-refractivity contribution in [1.82, 2.24) is 4.57 Å². The number of benzene rings is 1. The lowest BCUT2D eigenvalue weighted by Crippen LogP contribution is -2.56. The van der Waals surface area contributed by atoms with Crippen LogP contribution in [-0.4, -0.2) is 63.1 Å². The first-order valence-electron chi connectivity index (χ1n) is 8.95. The molecule has 154 valence electrons. The van der Waals surface area contributed by atoms with Crippen LogP contribution in [0.1, 0.15) is 17.5 Å². The number of methoxy groups -OCH3 is 1. The molecule has 1 aromatic carbocycles. The van der Waals surface area contributed by atoms with Crippen molar-refractivity contribution in [2.45, 2.75) is 37.6 Å². The maximum Gasteiger partial charge on any atom is 0.164 e. The van der Waals surface area contributed by atoms with Gasteiger partial charge in [0.05, 0.1) is 19.3 Å². The fraction of sp³-hybridized carbons (Fsp3) is 0.400. The van der Waals surface area contributed by atoms with Crippen LogP contribution in [0.25, 0.3) is 11.1 Å². The number of aliphatic hydroxyl groups excluding tert-OH is 4. The second kappa shape index (κ2) is 8.59. The van der Waals surface area contributed by atoms with E-state index in [1.165, 1.54) is 4.57 Å². The van der Waals surface area contributed by atoms with E-state index in [0.29, 0.717) is 17.0 Å². The monoisotopic (exact) mass is 418 g/mol. The highest BCUT2D eigenvalue weighted by atomic mass is 32.1. The van der Waals surface area contributed by atoms with Gasteiger partial charge in [0, 0.05) is 11.3 Å². The summed E-state index contributed by atoms with van der Waals surface area (Å²) in [4.78, 5) is 0. The van der Waals surface area contributed by atoms with Crippen molar-refractivity contribution in [3.8, 4) is 22.9 Å². The van der Waals surface area contributed by atoms with Gasteiger partial charge in [0.2, 0.25) is 0 Å². The van der Waals surface area contributed by atoms with Gasteiger partial charge < -0.3 is 34.5 Å². The first-order chi connectivity index (χ1) is 13.8. The molecule has 29 heavy (non-hydrogen) atoms. The summed E-state index contributed by atoms with van der Waals surface area (Å²) in [5.74, 6) is 0.676. The van der Waals surface area contributed by atoms with Crippen LogP contribution in [0, 0.1) is 22.9 Å². The molecule has 0 bridgehead atoms. The van der Waals surface area contributed by atoms with Crippen LogP contribution in [0.15, 0.2) is 30.3 Å². The molecule has 8 nitrogen and oxygen atoms in total. The van der Waals surface area contributed by atoms with Crippen LogP contribution in [-0.2, 0) is 4.74 Å². The molecule has 1 fully saturated rings. The molecule has 0 saturated carbocycles. The molecular weight excluding hydrogens is 396 g/mol. The molecule has 1 saturated heterocycles. The summed E-state index contributed by atoms with van der Waals surface area (Å²) in [5, 5.41) is 49.7. The Hall–Kier alpha value is -2.32. The molecule has 9 heteroatoms. The minimum Gasteiger partial charge on any atom is -0.497 e. The van der Waals surface area contributed by atoms with Gasteiger partial charge in [-0.2, -0.15) is 5.26 Å². The number of aromatic nitrogens is 1. The minimum absolute atomic E-state index is 0.114. The quantitative estimate of drug-likeness (QED) is 0.543. The average molecular weight is 418 g/mol. The molecule has 3 rings (SSSR count). The maximum atomic E-state index is 10.5. The molecule has 0 amide bonds. The molecule has 0 aliphatic carbocycles. The summed E-state index contributed by atoms with van der Waals surface area (Å²) in [6, 6.07) is 11.0. The van der Waals surface area contributed by atoms with Crippen LogP contribution in [0.3, 0.4) is 0 Å². The van der Waals surface area contributed by atoms with Gasteiger partial charge in [-0.15, -0.1) is 0 Å². The molecule has 1 aliphatic heterocycles. The predicted octanol–water partition coefficient (Wildman–Crippen LogP) is 1.05. The van der Waals surface area contributed by atoms with Gasteiger partial charge in [0.25, 0.3) is 0 Å². The van der Waals surface area contributed by atoms with E-state index >= 15 is 0 Å². The van der Waals surface area contributed by atoms with E-state index in [4.69, 9.17) is 21.7 Å². The van der Waals surface area contributed by atoms with Gasteiger partial charge in [0.15, 0.2) is 6.23 Å². The average Bonchev–Trinajstić information content (AvgIpc) is 2.73. The van der Waals surface area contributed by atoms with Gasteiger partial charge >= 0.3 is 0 Å². The summed E-state index contributed by atoms with van der Waals surface area (Å²) in [7, 11) is 1.56. The molecule has 1 aliphatic rings. The van der Waals surface area contributed by atoms with Gasteiger partial charge in [-0.25, -0.2) is 0 Å². The fourth-order valence-electron chi connectivity index (χ4n) is 3.46. The Bertz CT molecular complexity index is 982. The third-order valence-electron chi connectivity index (χ3n) is 5.07. The number of hydrogen-bond donors (Lipinski definition) is 4. The molecule has 5 atom stereocenters. The van der Waals surface area contributed by atoms with Crippen LogP contribution in [0.2, 0.25) is 0 Å². The van der Waals surface area contributed by atoms with Crippen molar-refractivity contribution in [2.75, 3.05) is 13.7 Å². The largest absolute Gasteiger partial charge is 0.497 e. The number of nitrogens with zero attached hydrogens (tertiary/aromatic N) is 2. The lowest BCUT2D eigenvalue weighted by molar-refractivity contribution is -0.252. The molecule has 1 aromatic heterocycles. The first kappa shape index (κ1) is 21.4. The van der Waals surface area contributed by atoms with Crippen LogP contribution in [0.5, 0.6) is 5.75 Å². The maximum absolute atomic E-state index is 10.5. The molecular formula is C20H22N2O6S. The molecule has 0 radical (unpaired) electrons. The first-order valence-corrected chi connectivity index (χ1v) is 9.36. The topological polar surface area (TPSA) is 128 Å². The van der Waals surface area contributed by atoms with E-state index in [0.717, 1.165) is 5.56 Å². The Balaban J connectivity index is 2.12. The summed E-state index contributed by atoms with van der Waals surface area (Å²) in [6.45, 7) is 1.17. The highest BCUT2D eigenvalue weighted by Crippen LogP contribution is 2.33. The van der Waals surface area contributed by atoms with E-state index in [-0.39, 0.29) is 10.2 Å². The summed E-state index contributed by atoms with van der Waals surface area (Å²) >= 11 is 5.51. The van der Waals surface area contributed by atoms with Gasteiger partial charge in [-0.05, 0) is 30.7 Å². The normalized spacial score (nSPS) is 26.7. The predicted molar refractivity (Wildman–Crippen MR) is 106 cm³/mol. The number of aryl methyl sites for hydroxylation is 1. The molecule has 4 N–H and O–H groups in total. The minimum atomic E-state index is -1.54. The van der Waals surface area contributed by atoms with E-state index in [2.05, 4.69) is 6.07 Å². The van der Waals surface area contributed by atoms with Gasteiger partial charge in [0.1, 0.15) is 40.9 Å². The number of nitriles is 1. The van der Waals surface area contributed by atoms with Crippen molar-refractivity contribution in [2.24, 2.45) is 0 Å². The molecule has 2 heterocycles. The summed E-state index contributed by atoms with van der Waals surface area (Å²) < 4.78 is 12.3. The van der Waals surface area contributed by atoms with E-state index in [1.807, 2.05) is 0 Å². The zero-order valence-electron chi connectivity index (χ0n) is 15.9. The van der Waals surface area contributed by atoms with Crippen molar-refractivity contribution in [3.63, 3.8) is 0 Å². The lowest BCUT2D eigenvalue weighted by atomic mass is 9.97. The van der Waals surface area contributed by atoms with Gasteiger partial charge in [-0.3, -0.25) is 0 Å². The standard InChI is InChI=1S/C20H22N2O6S/c1-10-7-13(11-3-5-12(27-2)6-4-11)14(8-21)20(29)22(10)19-18(26)17(25)16(24)15(9-23)28-19/h3-7,15-19,23-26H,9H2,1-2H3/t15-,16-,17-,18-,19-/m0/s1. The Kier molecular flexibility index (Phi) is 6.33. The summed E-state index contributed by atoms with van der Waals surface area (Å²) in [6.07, 6.45) is -6.77. The van der Waals surface area contributed by atoms with E-state index < -0.39 is 37.3 Å². The Morgan fingerprint density at radius 2 is 1.83 bits per heavy atom. The van der Waals surface area contributed by atoms with Crippen LogP contribution in [0.4, 0.5) is 0 Å². The van der Waals surface area contributed by atoms with Crippen molar-refractivity contribution >= 4 is 12.2 Å². The smallest absolute Gasteiger partial charge is 0.164 e. The molecule has 0 unspecified atom stereocenters. The Morgan fingerprint density at radius 3 is 2.38 bits per heavy atom. The van der Waals surface area contributed by atoms with Crippen LogP contribution >= 0.6 is 12.2 Å². The lowest BCUT2D eigenvalue weighted by Gasteiger charge is -2.41. The molecule has 0 spiro atoms. The Morgan fingerprint density at radius 1 is 1.17 bits per heavy atom. The number of ether oxygens (including phenoxy) is 2. The SMILES string of the molecule is COc1ccc(-c2cc(C)n([C@H]3O[C@@H](CO)[C@H](O)[C@H](O)[C@@H]3O)c(=S)c2C#N)cc1. The number of aliphatic hydroxyl groups is 4. The number of rotatable bonds is 4. The van der Waals surface area contributed by atoms with E-state index in [1.54, 1.807) is 44.4 Å². The van der Waals surface area contributed by atoms with Crippen molar-refractivity contribution in [3.05, 3.63) is 46.2 Å². The summed E-state index contributed by atoms with van der Waals surface area (Å²) in [5.41, 5.74) is 2.15.